The van der Waals surface area contributed by atoms with Gasteiger partial charge in [-0.2, -0.15) is 13.2 Å². The first-order valence-electron chi connectivity index (χ1n) is 8.77. The van der Waals surface area contributed by atoms with E-state index in [-0.39, 0.29) is 0 Å². The quantitative estimate of drug-likeness (QED) is 0.758. The van der Waals surface area contributed by atoms with E-state index in [9.17, 15) is 13.2 Å². The number of hydrogen-bond donors (Lipinski definition) is 1. The fourth-order valence-electron chi connectivity index (χ4n) is 3.73. The highest BCUT2D eigenvalue weighted by Crippen LogP contribution is 2.30. The topological polar surface area (TPSA) is 29.9 Å². The summed E-state index contributed by atoms with van der Waals surface area (Å²) in [5.41, 5.74) is 5.09. The summed E-state index contributed by atoms with van der Waals surface area (Å²) in [5, 5.41) is 4.71. The fraction of sp³-hybridized carbons (Fsp3) is 0.350. The number of pyridine rings is 1. The van der Waals surface area contributed by atoms with E-state index in [2.05, 4.69) is 40.0 Å². The molecule has 3 heterocycles. The van der Waals surface area contributed by atoms with Crippen LogP contribution >= 0.6 is 0 Å². The van der Waals surface area contributed by atoms with Gasteiger partial charge >= 0.3 is 6.18 Å². The number of aromatic nitrogens is 2. The normalized spacial score (nSPS) is 14.6. The van der Waals surface area contributed by atoms with Gasteiger partial charge in [-0.1, -0.05) is 17.7 Å². The minimum Gasteiger partial charge on any atom is -0.344 e. The van der Waals surface area contributed by atoms with E-state index in [4.69, 9.17) is 0 Å². The molecule has 4 rings (SSSR count). The highest BCUT2D eigenvalue weighted by atomic mass is 19.4. The van der Waals surface area contributed by atoms with Gasteiger partial charge in [-0.3, -0.25) is 4.98 Å². The third kappa shape index (κ3) is 3.09. The van der Waals surface area contributed by atoms with Crippen molar-refractivity contribution in [1.29, 1.82) is 0 Å². The highest BCUT2D eigenvalue weighted by Gasteiger charge is 2.32. The van der Waals surface area contributed by atoms with Gasteiger partial charge in [0.15, 0.2) is 0 Å². The number of hydrogen-bond acceptors (Lipinski definition) is 2. The molecule has 26 heavy (non-hydrogen) atoms. The van der Waals surface area contributed by atoms with Crippen LogP contribution < -0.4 is 5.32 Å². The molecule has 0 saturated heterocycles. The summed E-state index contributed by atoms with van der Waals surface area (Å²) in [6.45, 7) is 4.64. The summed E-state index contributed by atoms with van der Waals surface area (Å²) in [6.07, 6.45) is -1.43. The number of alkyl halides is 3. The van der Waals surface area contributed by atoms with Crippen molar-refractivity contribution >= 4 is 10.9 Å². The monoisotopic (exact) mass is 359 g/mol. The van der Waals surface area contributed by atoms with Crippen LogP contribution in [0.5, 0.6) is 0 Å². The molecule has 0 atom stereocenters. The Morgan fingerprint density at radius 2 is 2.04 bits per heavy atom. The molecule has 0 radical (unpaired) electrons. The molecule has 6 heteroatoms. The number of aryl methyl sites for hydroxylation is 3. The Morgan fingerprint density at radius 1 is 1.19 bits per heavy atom. The third-order valence-electron chi connectivity index (χ3n) is 5.02. The number of nitrogens with one attached hydrogen (secondary N) is 1. The van der Waals surface area contributed by atoms with Crippen LogP contribution in [0.1, 0.15) is 28.1 Å². The van der Waals surface area contributed by atoms with Crippen molar-refractivity contribution in [3.63, 3.8) is 0 Å². The van der Waals surface area contributed by atoms with Gasteiger partial charge in [0.05, 0.1) is 0 Å². The Labute approximate surface area is 149 Å². The van der Waals surface area contributed by atoms with Gasteiger partial charge in [-0.15, -0.1) is 0 Å². The molecule has 3 aromatic rings. The molecular weight excluding hydrogens is 339 g/mol. The summed E-state index contributed by atoms with van der Waals surface area (Å²) in [7, 11) is 0. The van der Waals surface area contributed by atoms with Gasteiger partial charge in [0.25, 0.3) is 0 Å². The predicted molar refractivity (Wildman–Crippen MR) is 95.0 cm³/mol. The summed E-state index contributed by atoms with van der Waals surface area (Å²) < 4.78 is 40.3. The highest BCUT2D eigenvalue weighted by molar-refractivity contribution is 5.86. The average Bonchev–Trinajstić information content (AvgIpc) is 2.93. The molecule has 3 nitrogen and oxygen atoms in total. The summed E-state index contributed by atoms with van der Waals surface area (Å²) in [5.74, 6) is 0. The van der Waals surface area contributed by atoms with Gasteiger partial charge in [0.2, 0.25) is 0 Å². The van der Waals surface area contributed by atoms with Crippen LogP contribution in [0.4, 0.5) is 13.2 Å². The number of halogens is 3. The lowest BCUT2D eigenvalue weighted by Gasteiger charge is -2.17. The minimum atomic E-state index is -4.39. The standard InChI is InChI=1S/C20H20F3N3/c1-13-2-4-17-15(10-13)16-12-24-8-6-18(16)26(17)9-7-14-3-5-19(25-11-14)20(21,22)23/h2-5,10-11,24H,6-9,12H2,1H3. The average molecular weight is 359 g/mol. The molecule has 0 saturated carbocycles. The van der Waals surface area contributed by atoms with Crippen molar-refractivity contribution in [3.8, 4) is 0 Å². The second-order valence-electron chi connectivity index (χ2n) is 6.82. The first-order chi connectivity index (χ1) is 12.4. The van der Waals surface area contributed by atoms with Gasteiger partial charge in [-0.25, -0.2) is 0 Å². The molecular formula is C20H20F3N3. The van der Waals surface area contributed by atoms with Gasteiger partial charge < -0.3 is 9.88 Å². The Bertz CT molecular complexity index is 940. The molecule has 0 aliphatic carbocycles. The van der Waals surface area contributed by atoms with Crippen LogP contribution in [0.3, 0.4) is 0 Å². The van der Waals surface area contributed by atoms with Crippen LogP contribution in [0.2, 0.25) is 0 Å². The van der Waals surface area contributed by atoms with Gasteiger partial charge in [-0.05, 0) is 42.7 Å². The molecule has 136 valence electrons. The lowest BCUT2D eigenvalue weighted by molar-refractivity contribution is -0.141. The molecule has 0 fully saturated rings. The lowest BCUT2D eigenvalue weighted by Crippen LogP contribution is -2.24. The first-order valence-corrected chi connectivity index (χ1v) is 8.77. The lowest BCUT2D eigenvalue weighted by atomic mass is 10.0. The van der Waals surface area contributed by atoms with E-state index in [1.807, 2.05) is 0 Å². The van der Waals surface area contributed by atoms with Crippen LogP contribution in [0.15, 0.2) is 36.5 Å². The Hall–Kier alpha value is -2.34. The summed E-state index contributed by atoms with van der Waals surface area (Å²) in [4.78, 5) is 3.57. The molecule has 0 unspecified atom stereocenters. The van der Waals surface area contributed by atoms with Crippen molar-refractivity contribution in [2.45, 2.75) is 39.0 Å². The van der Waals surface area contributed by atoms with E-state index in [0.717, 1.165) is 37.7 Å². The van der Waals surface area contributed by atoms with E-state index < -0.39 is 11.9 Å². The van der Waals surface area contributed by atoms with Crippen molar-refractivity contribution in [3.05, 3.63) is 64.6 Å². The smallest absolute Gasteiger partial charge is 0.344 e. The molecule has 0 amide bonds. The zero-order valence-corrected chi connectivity index (χ0v) is 14.5. The number of fused-ring (bicyclic) bond motifs is 3. The molecule has 1 N–H and O–H groups in total. The van der Waals surface area contributed by atoms with Crippen molar-refractivity contribution in [1.82, 2.24) is 14.9 Å². The van der Waals surface area contributed by atoms with Crippen molar-refractivity contribution < 1.29 is 13.2 Å². The van der Waals surface area contributed by atoms with E-state index in [1.165, 1.54) is 40.0 Å². The maximum atomic E-state index is 12.7. The second-order valence-corrected chi connectivity index (χ2v) is 6.82. The zero-order valence-electron chi connectivity index (χ0n) is 14.5. The molecule has 1 aromatic carbocycles. The Balaban J connectivity index is 1.63. The zero-order chi connectivity index (χ0) is 18.3. The molecule has 0 bridgehead atoms. The number of benzene rings is 1. The van der Waals surface area contributed by atoms with Crippen LogP contribution in [0, 0.1) is 6.92 Å². The van der Waals surface area contributed by atoms with Gasteiger partial charge in [0, 0.05) is 48.8 Å². The van der Waals surface area contributed by atoms with Crippen LogP contribution in [-0.2, 0) is 32.1 Å². The predicted octanol–water partition coefficient (Wildman–Crippen LogP) is 4.25. The van der Waals surface area contributed by atoms with Gasteiger partial charge in [0.1, 0.15) is 5.69 Å². The van der Waals surface area contributed by atoms with E-state index >= 15 is 0 Å². The third-order valence-corrected chi connectivity index (χ3v) is 5.02. The fourth-order valence-corrected chi connectivity index (χ4v) is 3.73. The molecule has 2 aromatic heterocycles. The number of rotatable bonds is 3. The minimum absolute atomic E-state index is 0.655. The molecule has 0 spiro atoms. The first kappa shape index (κ1) is 17.1. The summed E-state index contributed by atoms with van der Waals surface area (Å²) in [6, 6.07) is 9.06. The SMILES string of the molecule is Cc1ccc2c(c1)c1c(n2CCc2ccc(C(F)(F)F)nc2)CCNC1. The Morgan fingerprint density at radius 3 is 2.77 bits per heavy atom. The maximum absolute atomic E-state index is 12.7. The number of nitrogens with zero attached hydrogens (tertiary/aromatic N) is 2. The second kappa shape index (κ2) is 6.43. The maximum Gasteiger partial charge on any atom is 0.433 e. The van der Waals surface area contributed by atoms with Crippen molar-refractivity contribution in [2.24, 2.45) is 0 Å². The molecule has 1 aliphatic heterocycles. The largest absolute Gasteiger partial charge is 0.433 e. The Kier molecular flexibility index (Phi) is 4.23. The molecule has 1 aliphatic rings. The summed E-state index contributed by atoms with van der Waals surface area (Å²) >= 11 is 0. The van der Waals surface area contributed by atoms with E-state index in [0.29, 0.717) is 6.42 Å². The van der Waals surface area contributed by atoms with E-state index in [1.54, 1.807) is 0 Å². The van der Waals surface area contributed by atoms with Crippen LogP contribution in [0.25, 0.3) is 10.9 Å². The van der Waals surface area contributed by atoms with Crippen molar-refractivity contribution in [2.75, 3.05) is 6.54 Å². The van der Waals surface area contributed by atoms with Crippen LogP contribution in [-0.4, -0.2) is 16.1 Å².